The fourth-order valence-corrected chi connectivity index (χ4v) is 4.21. The van der Waals surface area contributed by atoms with Gasteiger partial charge < -0.3 is 9.88 Å². The minimum absolute atomic E-state index is 0.681. The highest BCUT2D eigenvalue weighted by atomic mass is 32.2. The second-order valence-corrected chi connectivity index (χ2v) is 6.39. The zero-order valence-corrected chi connectivity index (χ0v) is 11.1. The largest absolute Gasteiger partial charge is 0.334 e. The Morgan fingerprint density at radius 2 is 2.47 bits per heavy atom. The molecule has 0 aromatic carbocycles. The Kier molecular flexibility index (Phi) is 3.71. The zero-order valence-electron chi connectivity index (χ0n) is 10.3. The molecule has 0 amide bonds. The number of nitrogens with zero attached hydrogens (tertiary/aromatic N) is 2. The van der Waals surface area contributed by atoms with E-state index in [4.69, 9.17) is 0 Å². The molecule has 0 radical (unpaired) electrons. The number of thioether (sulfide) groups is 1. The lowest BCUT2D eigenvalue weighted by atomic mass is 9.96. The van der Waals surface area contributed by atoms with Crippen molar-refractivity contribution in [2.24, 2.45) is 5.92 Å². The summed E-state index contributed by atoms with van der Waals surface area (Å²) in [5.74, 6) is 4.23. The lowest BCUT2D eigenvalue weighted by Gasteiger charge is -2.24. The van der Waals surface area contributed by atoms with Crippen LogP contribution in [0.2, 0.25) is 0 Å². The van der Waals surface area contributed by atoms with Crippen LogP contribution in [-0.2, 0) is 6.54 Å². The average Bonchev–Trinajstić information content (AvgIpc) is 3.02. The van der Waals surface area contributed by atoms with Crippen LogP contribution in [0.1, 0.15) is 30.9 Å². The van der Waals surface area contributed by atoms with Crippen molar-refractivity contribution in [3.8, 4) is 0 Å². The minimum Gasteiger partial charge on any atom is -0.334 e. The molecule has 0 aliphatic carbocycles. The van der Waals surface area contributed by atoms with Gasteiger partial charge in [0.15, 0.2) is 0 Å². The van der Waals surface area contributed by atoms with Gasteiger partial charge in [0.2, 0.25) is 0 Å². The minimum atomic E-state index is 0.681. The molecule has 3 heterocycles. The molecule has 2 aliphatic heterocycles. The van der Waals surface area contributed by atoms with Crippen molar-refractivity contribution in [2.45, 2.75) is 31.7 Å². The first kappa shape index (κ1) is 11.6. The van der Waals surface area contributed by atoms with E-state index in [1.54, 1.807) is 0 Å². The van der Waals surface area contributed by atoms with Crippen LogP contribution in [0.3, 0.4) is 0 Å². The summed E-state index contributed by atoms with van der Waals surface area (Å²) in [5.41, 5.74) is 1.45. The zero-order chi connectivity index (χ0) is 11.5. The summed E-state index contributed by atoms with van der Waals surface area (Å²) >= 11 is 2.10. The molecule has 1 aromatic heterocycles. The normalized spacial score (nSPS) is 29.6. The molecule has 2 fully saturated rings. The number of aromatic nitrogens is 2. The third-order valence-corrected chi connectivity index (χ3v) is 5.17. The Labute approximate surface area is 107 Å². The number of hydrogen-bond donors (Lipinski definition) is 1. The van der Waals surface area contributed by atoms with Crippen LogP contribution in [0.4, 0.5) is 0 Å². The van der Waals surface area contributed by atoms with Crippen molar-refractivity contribution >= 4 is 11.8 Å². The molecule has 0 saturated carbocycles. The first-order chi connectivity index (χ1) is 8.43. The molecule has 0 spiro atoms. The smallest absolute Gasteiger partial charge is 0.0948 e. The quantitative estimate of drug-likeness (QED) is 0.892. The van der Waals surface area contributed by atoms with Crippen LogP contribution >= 0.6 is 11.8 Å². The van der Waals surface area contributed by atoms with E-state index >= 15 is 0 Å². The van der Waals surface area contributed by atoms with Crippen LogP contribution in [0.15, 0.2) is 12.5 Å². The molecule has 4 heteroatoms. The third kappa shape index (κ3) is 2.68. The number of hydrogen-bond acceptors (Lipinski definition) is 3. The second kappa shape index (κ2) is 5.44. The van der Waals surface area contributed by atoms with Gasteiger partial charge in [0.25, 0.3) is 0 Å². The highest BCUT2D eigenvalue weighted by Crippen LogP contribution is 2.28. The van der Waals surface area contributed by atoms with Crippen molar-refractivity contribution in [1.82, 2.24) is 14.9 Å². The molecule has 2 aliphatic rings. The summed E-state index contributed by atoms with van der Waals surface area (Å²) in [6.07, 6.45) is 8.12. The molecular formula is C13H21N3S. The molecule has 94 valence electrons. The monoisotopic (exact) mass is 251 g/mol. The van der Waals surface area contributed by atoms with Crippen molar-refractivity contribution in [3.63, 3.8) is 0 Å². The molecule has 1 aromatic rings. The van der Waals surface area contributed by atoms with Crippen molar-refractivity contribution < 1.29 is 0 Å². The average molecular weight is 251 g/mol. The van der Waals surface area contributed by atoms with Gasteiger partial charge in [0.1, 0.15) is 0 Å². The number of rotatable bonds is 3. The maximum absolute atomic E-state index is 4.37. The second-order valence-electron chi connectivity index (χ2n) is 5.24. The Morgan fingerprint density at radius 1 is 1.47 bits per heavy atom. The number of imidazole rings is 1. The Hall–Kier alpha value is -0.480. The summed E-state index contributed by atoms with van der Waals surface area (Å²) < 4.78 is 2.41. The molecule has 2 saturated heterocycles. The van der Waals surface area contributed by atoms with E-state index in [0.29, 0.717) is 5.92 Å². The molecule has 0 bridgehead atoms. The molecule has 2 unspecified atom stereocenters. The van der Waals surface area contributed by atoms with Crippen molar-refractivity contribution in [3.05, 3.63) is 18.2 Å². The maximum atomic E-state index is 4.37. The Morgan fingerprint density at radius 3 is 3.24 bits per heavy atom. The summed E-state index contributed by atoms with van der Waals surface area (Å²) in [6.45, 7) is 3.49. The first-order valence-electron chi connectivity index (χ1n) is 6.72. The predicted molar refractivity (Wildman–Crippen MR) is 72.5 cm³/mol. The summed E-state index contributed by atoms with van der Waals surface area (Å²) in [5, 5.41) is 3.50. The van der Waals surface area contributed by atoms with E-state index in [1.807, 2.05) is 6.33 Å². The van der Waals surface area contributed by atoms with Gasteiger partial charge in [-0.1, -0.05) is 0 Å². The lowest BCUT2D eigenvalue weighted by molar-refractivity contribution is 0.419. The summed E-state index contributed by atoms with van der Waals surface area (Å²) in [7, 11) is 0. The van der Waals surface area contributed by atoms with Gasteiger partial charge in [0.05, 0.1) is 6.33 Å². The van der Waals surface area contributed by atoms with Crippen LogP contribution in [0.25, 0.3) is 0 Å². The molecule has 17 heavy (non-hydrogen) atoms. The van der Waals surface area contributed by atoms with E-state index in [2.05, 4.69) is 32.8 Å². The van der Waals surface area contributed by atoms with Gasteiger partial charge in [-0.05, 0) is 43.2 Å². The molecular weight excluding hydrogens is 230 g/mol. The van der Waals surface area contributed by atoms with Crippen molar-refractivity contribution in [1.29, 1.82) is 0 Å². The Balaban J connectivity index is 1.69. The van der Waals surface area contributed by atoms with E-state index in [-0.39, 0.29) is 0 Å². The van der Waals surface area contributed by atoms with E-state index in [0.717, 1.165) is 12.5 Å². The fraction of sp³-hybridized carbons (Fsp3) is 0.769. The number of nitrogens with one attached hydrogen (secondary N) is 1. The lowest BCUT2D eigenvalue weighted by Crippen LogP contribution is -2.29. The number of piperidine rings is 1. The van der Waals surface area contributed by atoms with E-state index in [9.17, 15) is 0 Å². The van der Waals surface area contributed by atoms with Gasteiger partial charge in [-0.15, -0.1) is 0 Å². The highest BCUT2D eigenvalue weighted by Gasteiger charge is 2.21. The van der Waals surface area contributed by atoms with Gasteiger partial charge in [-0.25, -0.2) is 4.98 Å². The summed E-state index contributed by atoms with van der Waals surface area (Å²) in [6, 6.07) is 0. The topological polar surface area (TPSA) is 29.9 Å². The van der Waals surface area contributed by atoms with E-state index < -0.39 is 0 Å². The standard InChI is InChI=1S/C13H21N3S/c1-2-12(6-14-4-1)13-7-15-10-16(13)8-11-3-5-17-9-11/h7,10-12,14H,1-6,8-9H2. The summed E-state index contributed by atoms with van der Waals surface area (Å²) in [4.78, 5) is 4.37. The van der Waals surface area contributed by atoms with Crippen molar-refractivity contribution in [2.75, 3.05) is 24.6 Å². The van der Waals surface area contributed by atoms with Crippen LogP contribution in [0.5, 0.6) is 0 Å². The first-order valence-corrected chi connectivity index (χ1v) is 7.87. The SMILES string of the molecule is c1ncn(CC2CCSC2)c1C1CCCNC1. The fourth-order valence-electron chi connectivity index (χ4n) is 2.93. The van der Waals surface area contributed by atoms with Crippen LogP contribution in [-0.4, -0.2) is 34.1 Å². The third-order valence-electron chi connectivity index (χ3n) is 3.94. The maximum Gasteiger partial charge on any atom is 0.0948 e. The predicted octanol–water partition coefficient (Wildman–Crippen LogP) is 2.10. The van der Waals surface area contributed by atoms with Gasteiger partial charge >= 0.3 is 0 Å². The van der Waals surface area contributed by atoms with Crippen LogP contribution < -0.4 is 5.32 Å². The Bertz CT molecular complexity index is 351. The molecule has 3 rings (SSSR count). The van der Waals surface area contributed by atoms with Crippen LogP contribution in [0, 0.1) is 5.92 Å². The molecule has 3 nitrogen and oxygen atoms in total. The van der Waals surface area contributed by atoms with E-state index in [1.165, 1.54) is 49.6 Å². The highest BCUT2D eigenvalue weighted by molar-refractivity contribution is 7.99. The van der Waals surface area contributed by atoms with Gasteiger partial charge in [-0.2, -0.15) is 11.8 Å². The van der Waals surface area contributed by atoms with Gasteiger partial charge in [-0.3, -0.25) is 0 Å². The molecule has 1 N–H and O–H groups in total. The molecule has 2 atom stereocenters. The van der Waals surface area contributed by atoms with Gasteiger partial charge in [0, 0.05) is 30.9 Å².